The number of likely N-dealkylation sites (tertiary alicyclic amines) is 1. The van der Waals surface area contributed by atoms with Crippen LogP contribution < -0.4 is 0 Å². The van der Waals surface area contributed by atoms with Crippen molar-refractivity contribution in [2.45, 2.75) is 49.2 Å². The Kier molecular flexibility index (Phi) is 6.80. The van der Waals surface area contributed by atoms with E-state index < -0.39 is 21.4 Å². The zero-order valence-corrected chi connectivity index (χ0v) is 20.2. The lowest BCUT2D eigenvalue weighted by atomic mass is 9.73. The van der Waals surface area contributed by atoms with E-state index in [1.165, 1.54) is 16.4 Å². The maximum Gasteiger partial charge on any atom is 0.314 e. The molecule has 0 aliphatic carbocycles. The van der Waals surface area contributed by atoms with E-state index in [0.717, 1.165) is 5.56 Å². The van der Waals surface area contributed by atoms with Gasteiger partial charge in [0.15, 0.2) is 0 Å². The van der Waals surface area contributed by atoms with Crippen molar-refractivity contribution in [3.8, 4) is 0 Å². The maximum atomic E-state index is 13.2. The Morgan fingerprint density at radius 3 is 2.18 bits per heavy atom. The Hall–Kier alpha value is -2.75. The number of rotatable bonds is 5. The van der Waals surface area contributed by atoms with Gasteiger partial charge in [0.25, 0.3) is 5.91 Å². The number of nitrogens with zero attached hydrogens (tertiary/aromatic N) is 2. The number of morpholine rings is 1. The smallest absolute Gasteiger partial charge is 0.314 e. The molecule has 0 unspecified atom stereocenters. The van der Waals surface area contributed by atoms with Crippen molar-refractivity contribution in [1.82, 2.24) is 9.21 Å². The number of sulfonamides is 1. The van der Waals surface area contributed by atoms with Gasteiger partial charge in [0.2, 0.25) is 10.0 Å². The van der Waals surface area contributed by atoms with Gasteiger partial charge in [-0.05, 0) is 50.5 Å². The average Bonchev–Trinajstić information content (AvgIpc) is 2.83. The molecule has 2 aromatic carbocycles. The minimum atomic E-state index is -3.78. The van der Waals surface area contributed by atoms with E-state index in [9.17, 15) is 23.1 Å². The third kappa shape index (κ3) is 4.60. The Balaban J connectivity index is 1.52. The predicted molar refractivity (Wildman–Crippen MR) is 126 cm³/mol. The molecule has 8 nitrogen and oxygen atoms in total. The molecular formula is C25H30N2O6S. The van der Waals surface area contributed by atoms with Crippen molar-refractivity contribution in [3.05, 3.63) is 65.7 Å². The van der Waals surface area contributed by atoms with Crippen LogP contribution in [-0.2, 0) is 25.0 Å². The molecule has 9 heteroatoms. The van der Waals surface area contributed by atoms with Crippen molar-refractivity contribution in [2.75, 3.05) is 26.2 Å². The standard InChI is InChI=1S/C25H30N2O6S/c1-18-16-27(17-19(2)33-18)34(31,32)22-10-6-7-20(15-22)23(28)26-13-11-25(12-14-26,24(29)30)21-8-4-3-5-9-21/h3-10,15,18-19H,11-14,16-17H2,1-2H3,(H,29,30)/t18-,19-/m0/s1. The normalized spacial score (nSPS) is 23.4. The number of piperidine rings is 1. The Morgan fingerprint density at radius 2 is 1.59 bits per heavy atom. The highest BCUT2D eigenvalue weighted by Gasteiger charge is 2.44. The van der Waals surface area contributed by atoms with Gasteiger partial charge in [0.05, 0.1) is 22.5 Å². The molecule has 4 rings (SSSR count). The van der Waals surface area contributed by atoms with Crippen molar-refractivity contribution in [1.29, 1.82) is 0 Å². The fraction of sp³-hybridized carbons (Fsp3) is 0.440. The lowest BCUT2D eigenvalue weighted by Crippen LogP contribution is -2.49. The molecule has 182 valence electrons. The highest BCUT2D eigenvalue weighted by Crippen LogP contribution is 2.36. The first-order chi connectivity index (χ1) is 16.1. The summed E-state index contributed by atoms with van der Waals surface area (Å²) < 4.78 is 33.5. The summed E-state index contributed by atoms with van der Waals surface area (Å²) in [6.45, 7) is 4.73. The number of benzene rings is 2. The van der Waals surface area contributed by atoms with Crippen LogP contribution in [0.15, 0.2) is 59.5 Å². The van der Waals surface area contributed by atoms with Crippen molar-refractivity contribution >= 4 is 21.9 Å². The quantitative estimate of drug-likeness (QED) is 0.697. The number of hydrogen-bond donors (Lipinski definition) is 1. The molecule has 2 aliphatic heterocycles. The summed E-state index contributed by atoms with van der Waals surface area (Å²) in [6.07, 6.45) is 0.158. The van der Waals surface area contributed by atoms with E-state index in [2.05, 4.69) is 0 Å². The van der Waals surface area contributed by atoms with Crippen LogP contribution >= 0.6 is 0 Å². The molecule has 0 bridgehead atoms. The van der Waals surface area contributed by atoms with Crippen LogP contribution in [0.4, 0.5) is 0 Å². The Labute approximate surface area is 200 Å². The van der Waals surface area contributed by atoms with Crippen LogP contribution in [0, 0.1) is 0 Å². The molecule has 2 atom stereocenters. The lowest BCUT2D eigenvalue weighted by molar-refractivity contribution is -0.145. The van der Waals surface area contributed by atoms with Gasteiger partial charge in [-0.3, -0.25) is 9.59 Å². The third-order valence-corrected chi connectivity index (χ3v) is 8.57. The van der Waals surface area contributed by atoms with Gasteiger partial charge in [0, 0.05) is 31.7 Å². The number of ether oxygens (including phenoxy) is 1. The minimum absolute atomic E-state index is 0.0702. The molecule has 1 N–H and O–H groups in total. The molecular weight excluding hydrogens is 456 g/mol. The molecule has 0 saturated carbocycles. The molecule has 2 saturated heterocycles. The molecule has 1 amide bonds. The van der Waals surface area contributed by atoms with E-state index in [4.69, 9.17) is 4.74 Å². The summed E-state index contributed by atoms with van der Waals surface area (Å²) in [5, 5.41) is 9.99. The first-order valence-electron chi connectivity index (χ1n) is 11.5. The number of hydrogen-bond acceptors (Lipinski definition) is 5. The molecule has 2 aromatic rings. The molecule has 34 heavy (non-hydrogen) atoms. The molecule has 0 radical (unpaired) electrons. The Bertz CT molecular complexity index is 1150. The second-order valence-corrected chi connectivity index (χ2v) is 11.1. The summed E-state index contributed by atoms with van der Waals surface area (Å²) in [5.74, 6) is -1.19. The highest BCUT2D eigenvalue weighted by molar-refractivity contribution is 7.89. The first kappa shape index (κ1) is 24.4. The van der Waals surface area contributed by atoms with Crippen LogP contribution in [0.1, 0.15) is 42.6 Å². The van der Waals surface area contributed by atoms with Crippen LogP contribution in [-0.4, -0.2) is 73.0 Å². The predicted octanol–water partition coefficient (Wildman–Crippen LogP) is 2.74. The van der Waals surface area contributed by atoms with E-state index in [1.54, 1.807) is 17.0 Å². The second kappa shape index (κ2) is 9.48. The van der Waals surface area contributed by atoms with Crippen LogP contribution in [0.2, 0.25) is 0 Å². The topological polar surface area (TPSA) is 104 Å². The number of carbonyl (C=O) groups excluding carboxylic acids is 1. The van der Waals surface area contributed by atoms with E-state index >= 15 is 0 Å². The summed E-state index contributed by atoms with van der Waals surface area (Å²) in [5.41, 5.74) is -0.0259. The van der Waals surface area contributed by atoms with E-state index in [0.29, 0.717) is 12.8 Å². The van der Waals surface area contributed by atoms with Crippen molar-refractivity contribution in [3.63, 3.8) is 0 Å². The van der Waals surface area contributed by atoms with Crippen molar-refractivity contribution in [2.24, 2.45) is 0 Å². The van der Waals surface area contributed by atoms with Crippen LogP contribution in [0.3, 0.4) is 0 Å². The number of carbonyl (C=O) groups is 2. The fourth-order valence-electron chi connectivity index (χ4n) is 4.92. The summed E-state index contributed by atoms with van der Waals surface area (Å²) in [6, 6.07) is 15.2. The van der Waals surface area contributed by atoms with Gasteiger partial charge in [0.1, 0.15) is 0 Å². The Morgan fingerprint density at radius 1 is 0.971 bits per heavy atom. The van der Waals surface area contributed by atoms with Gasteiger partial charge < -0.3 is 14.7 Å². The zero-order valence-electron chi connectivity index (χ0n) is 19.4. The summed E-state index contributed by atoms with van der Waals surface area (Å²) >= 11 is 0. The van der Waals surface area contributed by atoms with Gasteiger partial charge in [-0.25, -0.2) is 8.42 Å². The largest absolute Gasteiger partial charge is 0.481 e. The summed E-state index contributed by atoms with van der Waals surface area (Å²) in [4.78, 5) is 27.1. The molecule has 2 heterocycles. The molecule has 0 spiro atoms. The van der Waals surface area contributed by atoms with Gasteiger partial charge in [-0.2, -0.15) is 4.31 Å². The second-order valence-electron chi connectivity index (χ2n) is 9.15. The molecule has 0 aromatic heterocycles. The van der Waals surface area contributed by atoms with Crippen LogP contribution in [0.25, 0.3) is 0 Å². The third-order valence-electron chi connectivity index (χ3n) is 6.74. The number of amides is 1. The maximum absolute atomic E-state index is 13.2. The fourth-order valence-corrected chi connectivity index (χ4v) is 6.56. The minimum Gasteiger partial charge on any atom is -0.481 e. The van der Waals surface area contributed by atoms with Crippen molar-refractivity contribution < 1.29 is 27.9 Å². The number of aliphatic carboxylic acids is 1. The number of carboxylic acids is 1. The average molecular weight is 487 g/mol. The first-order valence-corrected chi connectivity index (χ1v) is 12.9. The lowest BCUT2D eigenvalue weighted by Gasteiger charge is -2.39. The molecule has 2 aliphatic rings. The van der Waals surface area contributed by atoms with Crippen LogP contribution in [0.5, 0.6) is 0 Å². The van der Waals surface area contributed by atoms with E-state index in [-0.39, 0.29) is 54.8 Å². The monoisotopic (exact) mass is 486 g/mol. The summed E-state index contributed by atoms with van der Waals surface area (Å²) in [7, 11) is -3.78. The van der Waals surface area contributed by atoms with Gasteiger partial charge >= 0.3 is 5.97 Å². The SMILES string of the molecule is C[C@H]1CN(S(=O)(=O)c2cccc(C(=O)N3CCC(C(=O)O)(c4ccccc4)CC3)c2)C[C@H](C)O1. The highest BCUT2D eigenvalue weighted by atomic mass is 32.2. The van der Waals surface area contributed by atoms with Gasteiger partial charge in [-0.15, -0.1) is 0 Å². The van der Waals surface area contributed by atoms with E-state index in [1.807, 2.05) is 44.2 Å². The zero-order chi connectivity index (χ0) is 24.5. The van der Waals surface area contributed by atoms with Gasteiger partial charge in [-0.1, -0.05) is 36.4 Å². The molecule has 2 fully saturated rings. The number of carboxylic acid groups (broad SMARTS) is 1.